The maximum absolute atomic E-state index is 11.3. The summed E-state index contributed by atoms with van der Waals surface area (Å²) in [5, 5.41) is 17.9. The van der Waals surface area contributed by atoms with Crippen LogP contribution >= 0.6 is 0 Å². The van der Waals surface area contributed by atoms with Gasteiger partial charge in [0.05, 0.1) is 12.7 Å². The van der Waals surface area contributed by atoms with E-state index in [9.17, 15) is 14.7 Å². The minimum absolute atomic E-state index is 0.0904. The first kappa shape index (κ1) is 14.0. The molecule has 0 unspecified atom stereocenters. The topological polar surface area (TPSA) is 83.8 Å². The molecule has 0 aliphatic carbocycles. The molecule has 98 valence electrons. The molecule has 1 rings (SSSR count). The number of hydrogen-bond acceptors (Lipinski definition) is 3. The van der Waals surface area contributed by atoms with Crippen molar-refractivity contribution in [2.24, 2.45) is 0 Å². The third kappa shape index (κ3) is 2.80. The van der Waals surface area contributed by atoms with Crippen LogP contribution in [0.4, 0.5) is 0 Å². The van der Waals surface area contributed by atoms with E-state index >= 15 is 0 Å². The molecule has 0 radical (unpaired) electrons. The van der Waals surface area contributed by atoms with Crippen molar-refractivity contribution >= 4 is 11.9 Å². The zero-order valence-electron chi connectivity index (χ0n) is 10.6. The van der Waals surface area contributed by atoms with Gasteiger partial charge in [0.2, 0.25) is 0 Å². The molecule has 0 aliphatic rings. The van der Waals surface area contributed by atoms with Gasteiger partial charge in [-0.3, -0.25) is 4.79 Å². The Morgan fingerprint density at radius 1 is 1.28 bits per heavy atom. The van der Waals surface area contributed by atoms with Gasteiger partial charge >= 0.3 is 11.9 Å². The summed E-state index contributed by atoms with van der Waals surface area (Å²) >= 11 is 0. The molecule has 0 amide bonds. The summed E-state index contributed by atoms with van der Waals surface area (Å²) in [6, 6.07) is 1.74. The fraction of sp³-hybridized carbons (Fsp3) is 0.385. The molecule has 0 saturated carbocycles. The average molecular weight is 252 g/mol. The van der Waals surface area contributed by atoms with Gasteiger partial charge in [-0.15, -0.1) is 0 Å². The van der Waals surface area contributed by atoms with Crippen LogP contribution in [-0.2, 0) is 11.2 Å². The van der Waals surface area contributed by atoms with E-state index < -0.39 is 11.9 Å². The molecule has 0 fully saturated rings. The molecule has 1 aromatic rings. The maximum Gasteiger partial charge on any atom is 0.336 e. The molecule has 18 heavy (non-hydrogen) atoms. The minimum atomic E-state index is -1.06. The molecule has 2 N–H and O–H groups in total. The van der Waals surface area contributed by atoms with Crippen LogP contribution in [0.5, 0.6) is 5.75 Å². The van der Waals surface area contributed by atoms with E-state index in [4.69, 9.17) is 9.84 Å². The molecule has 0 aliphatic heterocycles. The highest BCUT2D eigenvalue weighted by atomic mass is 16.5. The maximum atomic E-state index is 11.3. The zero-order valence-corrected chi connectivity index (χ0v) is 10.6. The van der Waals surface area contributed by atoms with Crippen LogP contribution in [0, 0.1) is 13.8 Å². The Balaban J connectivity index is 3.35. The monoisotopic (exact) mass is 252 g/mol. The minimum Gasteiger partial charge on any atom is -0.496 e. The number of methoxy groups -OCH3 is 1. The normalized spacial score (nSPS) is 10.2. The molecule has 0 spiro atoms. The molecule has 0 atom stereocenters. The van der Waals surface area contributed by atoms with Crippen LogP contribution in [0.15, 0.2) is 6.07 Å². The zero-order chi connectivity index (χ0) is 13.9. The second-order valence-electron chi connectivity index (χ2n) is 4.07. The first-order valence-corrected chi connectivity index (χ1v) is 5.50. The number of rotatable bonds is 5. The molecule has 1 aromatic carbocycles. The number of ether oxygens (including phenoxy) is 1. The van der Waals surface area contributed by atoms with Crippen LogP contribution in [-0.4, -0.2) is 29.3 Å². The van der Waals surface area contributed by atoms with Crippen molar-refractivity contribution in [3.05, 3.63) is 28.3 Å². The van der Waals surface area contributed by atoms with Gasteiger partial charge in [0.15, 0.2) is 0 Å². The summed E-state index contributed by atoms with van der Waals surface area (Å²) in [6.45, 7) is 3.41. The van der Waals surface area contributed by atoms with Crippen molar-refractivity contribution in [1.82, 2.24) is 0 Å². The lowest BCUT2D eigenvalue weighted by molar-refractivity contribution is -0.136. The van der Waals surface area contributed by atoms with Crippen LogP contribution < -0.4 is 4.74 Å². The van der Waals surface area contributed by atoms with E-state index in [-0.39, 0.29) is 18.4 Å². The van der Waals surface area contributed by atoms with Crippen LogP contribution in [0.25, 0.3) is 0 Å². The summed E-state index contributed by atoms with van der Waals surface area (Å²) in [6.07, 6.45) is 0.112. The highest BCUT2D eigenvalue weighted by Crippen LogP contribution is 2.29. The molecular weight excluding hydrogens is 236 g/mol. The van der Waals surface area contributed by atoms with Gasteiger partial charge in [-0.25, -0.2) is 4.79 Å². The van der Waals surface area contributed by atoms with E-state index in [1.807, 2.05) is 0 Å². The number of aryl methyl sites for hydroxylation is 1. The summed E-state index contributed by atoms with van der Waals surface area (Å²) in [5.41, 5.74) is 1.96. The molecule has 0 aromatic heterocycles. The summed E-state index contributed by atoms with van der Waals surface area (Å²) in [7, 11) is 1.48. The van der Waals surface area contributed by atoms with Crippen LogP contribution in [0.1, 0.15) is 33.5 Å². The molecule has 5 heteroatoms. The van der Waals surface area contributed by atoms with E-state index in [1.165, 1.54) is 7.11 Å². The Bertz CT molecular complexity index is 491. The van der Waals surface area contributed by atoms with Crippen LogP contribution in [0.3, 0.4) is 0 Å². The second-order valence-corrected chi connectivity index (χ2v) is 4.07. The quantitative estimate of drug-likeness (QED) is 0.837. The summed E-state index contributed by atoms with van der Waals surface area (Å²) in [4.78, 5) is 21.9. The Morgan fingerprint density at radius 2 is 1.89 bits per heavy atom. The number of aliphatic carboxylic acids is 1. The van der Waals surface area contributed by atoms with Gasteiger partial charge in [-0.2, -0.15) is 0 Å². The number of aromatic carboxylic acids is 1. The second kappa shape index (κ2) is 5.53. The average Bonchev–Trinajstić information content (AvgIpc) is 2.28. The predicted octanol–water partition coefficient (Wildman–Crippen LogP) is 2.03. The molecule has 5 nitrogen and oxygen atoms in total. The van der Waals surface area contributed by atoms with Crippen LogP contribution in [0.2, 0.25) is 0 Å². The van der Waals surface area contributed by atoms with Crippen molar-refractivity contribution in [3.63, 3.8) is 0 Å². The smallest absolute Gasteiger partial charge is 0.336 e. The fourth-order valence-corrected chi connectivity index (χ4v) is 1.99. The number of carboxylic acid groups (broad SMARTS) is 2. The Morgan fingerprint density at radius 3 is 2.33 bits per heavy atom. The SMILES string of the molecule is COc1cc(C)c(CCC(=O)O)c(C(=O)O)c1C. The molecule has 0 bridgehead atoms. The van der Waals surface area contributed by atoms with Gasteiger partial charge in [0.1, 0.15) is 5.75 Å². The number of carboxylic acids is 2. The van der Waals surface area contributed by atoms with Crippen molar-refractivity contribution in [1.29, 1.82) is 0 Å². The first-order valence-electron chi connectivity index (χ1n) is 5.50. The molecule has 0 heterocycles. The highest BCUT2D eigenvalue weighted by molar-refractivity contribution is 5.92. The van der Waals surface area contributed by atoms with Gasteiger partial charge in [0, 0.05) is 12.0 Å². The molecular formula is C13H16O5. The largest absolute Gasteiger partial charge is 0.496 e. The van der Waals surface area contributed by atoms with Gasteiger partial charge in [0.25, 0.3) is 0 Å². The third-order valence-electron chi connectivity index (χ3n) is 2.89. The first-order chi connectivity index (χ1) is 8.38. The number of carbonyl (C=O) groups is 2. The van der Waals surface area contributed by atoms with Crippen molar-refractivity contribution in [3.8, 4) is 5.75 Å². The summed E-state index contributed by atoms with van der Waals surface area (Å²) in [5.74, 6) is -1.50. The number of benzene rings is 1. The van der Waals surface area contributed by atoms with E-state index in [1.54, 1.807) is 19.9 Å². The lowest BCUT2D eigenvalue weighted by atomic mass is 9.93. The Kier molecular flexibility index (Phi) is 4.31. The predicted molar refractivity (Wildman–Crippen MR) is 65.4 cm³/mol. The Labute approximate surface area is 105 Å². The van der Waals surface area contributed by atoms with Gasteiger partial charge in [-0.05, 0) is 37.5 Å². The number of hydrogen-bond donors (Lipinski definition) is 2. The van der Waals surface area contributed by atoms with Gasteiger partial charge < -0.3 is 14.9 Å². The lowest BCUT2D eigenvalue weighted by Crippen LogP contribution is -2.10. The standard InChI is InChI=1S/C13H16O5/c1-7-6-10(18-3)8(2)12(13(16)17)9(7)4-5-11(14)15/h6H,4-5H2,1-3H3,(H,14,15)(H,16,17). The van der Waals surface area contributed by atoms with E-state index in [0.29, 0.717) is 16.9 Å². The van der Waals surface area contributed by atoms with E-state index in [0.717, 1.165) is 5.56 Å². The van der Waals surface area contributed by atoms with E-state index in [2.05, 4.69) is 0 Å². The third-order valence-corrected chi connectivity index (χ3v) is 2.89. The Hall–Kier alpha value is -2.04. The molecule has 0 saturated heterocycles. The fourth-order valence-electron chi connectivity index (χ4n) is 1.99. The summed E-state index contributed by atoms with van der Waals surface area (Å²) < 4.78 is 5.12. The van der Waals surface area contributed by atoms with Crippen molar-refractivity contribution in [2.75, 3.05) is 7.11 Å². The van der Waals surface area contributed by atoms with Crippen molar-refractivity contribution < 1.29 is 24.5 Å². The lowest BCUT2D eigenvalue weighted by Gasteiger charge is -2.15. The van der Waals surface area contributed by atoms with Crippen molar-refractivity contribution in [2.45, 2.75) is 26.7 Å². The highest BCUT2D eigenvalue weighted by Gasteiger charge is 2.19. The van der Waals surface area contributed by atoms with Gasteiger partial charge in [-0.1, -0.05) is 0 Å².